The molecule has 45 heavy (non-hydrogen) atoms. The normalized spacial score (nSPS) is 13.3. The molecular weight excluding hydrogens is 540 g/mol. The van der Waals surface area contributed by atoms with Crippen molar-refractivity contribution in [1.29, 1.82) is 0 Å². The Kier molecular flexibility index (Phi) is 5.64. The van der Waals surface area contributed by atoms with Gasteiger partial charge in [0.05, 0.1) is 0 Å². The maximum atomic E-state index is 2.48. The van der Waals surface area contributed by atoms with Crippen LogP contribution in [0.3, 0.4) is 0 Å². The molecule has 0 N–H and O–H groups in total. The van der Waals surface area contributed by atoms with Gasteiger partial charge in [0.1, 0.15) is 0 Å². The lowest BCUT2D eigenvalue weighted by Gasteiger charge is -2.23. The Labute approximate surface area is 264 Å². The fraction of sp³-hybridized carbons (Fsp3) is 0.0667. The second kappa shape index (κ2) is 9.78. The van der Waals surface area contributed by atoms with Crippen LogP contribution in [0, 0.1) is 0 Å². The molecule has 1 aliphatic rings. The Morgan fingerprint density at radius 2 is 0.822 bits per heavy atom. The zero-order valence-electron chi connectivity index (χ0n) is 25.5. The first kappa shape index (κ1) is 26.0. The first-order valence-corrected chi connectivity index (χ1v) is 15.9. The quantitative estimate of drug-likeness (QED) is 0.185. The Bertz CT molecular complexity index is 2390. The van der Waals surface area contributed by atoms with Crippen LogP contribution >= 0.6 is 0 Å². The molecule has 0 spiro atoms. The number of fused-ring (bicyclic) bond motifs is 6. The molecule has 0 aromatic heterocycles. The molecule has 0 radical (unpaired) electrons. The third kappa shape index (κ3) is 3.92. The summed E-state index contributed by atoms with van der Waals surface area (Å²) in [4.78, 5) is 0. The van der Waals surface area contributed by atoms with Gasteiger partial charge in [-0.3, -0.25) is 0 Å². The zero-order valence-corrected chi connectivity index (χ0v) is 25.5. The Morgan fingerprint density at radius 3 is 1.47 bits per heavy atom. The van der Waals surface area contributed by atoms with Crippen LogP contribution in [0.4, 0.5) is 0 Å². The van der Waals surface area contributed by atoms with Gasteiger partial charge < -0.3 is 0 Å². The maximum Gasteiger partial charge on any atom is 0.0159 e. The van der Waals surface area contributed by atoms with Crippen molar-refractivity contribution < 1.29 is 0 Å². The second-order valence-corrected chi connectivity index (χ2v) is 12.9. The minimum atomic E-state index is -0.0892. The highest BCUT2D eigenvalue weighted by Gasteiger charge is 2.36. The summed E-state index contributed by atoms with van der Waals surface area (Å²) in [6.45, 7) is 4.77. The van der Waals surface area contributed by atoms with Crippen LogP contribution < -0.4 is 0 Å². The monoisotopic (exact) mass is 572 g/mol. The van der Waals surface area contributed by atoms with Gasteiger partial charge in [-0.05, 0) is 112 Å². The predicted molar refractivity (Wildman–Crippen MR) is 193 cm³/mol. The van der Waals surface area contributed by atoms with Gasteiger partial charge in [-0.2, -0.15) is 0 Å². The van der Waals surface area contributed by atoms with E-state index in [2.05, 4.69) is 172 Å². The number of hydrogen-bond acceptors (Lipinski definition) is 0. The van der Waals surface area contributed by atoms with Crippen molar-refractivity contribution in [2.75, 3.05) is 0 Å². The minimum Gasteiger partial charge on any atom is -0.0622 e. The third-order valence-corrected chi connectivity index (χ3v) is 10.0. The van der Waals surface area contributed by atoms with E-state index in [0.29, 0.717) is 0 Å². The van der Waals surface area contributed by atoms with E-state index in [0.717, 1.165) is 0 Å². The lowest BCUT2D eigenvalue weighted by Crippen LogP contribution is -2.15. The van der Waals surface area contributed by atoms with Gasteiger partial charge >= 0.3 is 0 Å². The molecule has 0 aliphatic heterocycles. The lowest BCUT2D eigenvalue weighted by atomic mass is 9.80. The molecule has 0 nitrogen and oxygen atoms in total. The van der Waals surface area contributed by atoms with Crippen LogP contribution in [0.2, 0.25) is 0 Å². The topological polar surface area (TPSA) is 0 Å². The molecule has 0 fully saturated rings. The van der Waals surface area contributed by atoms with E-state index in [1.54, 1.807) is 0 Å². The van der Waals surface area contributed by atoms with E-state index in [4.69, 9.17) is 0 Å². The van der Waals surface area contributed by atoms with Crippen LogP contribution in [0.15, 0.2) is 158 Å². The summed E-state index contributed by atoms with van der Waals surface area (Å²) in [5, 5.41) is 7.75. The van der Waals surface area contributed by atoms with Gasteiger partial charge in [-0.25, -0.2) is 0 Å². The molecule has 0 heterocycles. The molecule has 0 saturated carbocycles. The molecule has 0 heteroatoms. The SMILES string of the molecule is CC1(C)c2cc(-c3c4ccccc4c(-c4cccc(-c5ccccc5)c4)c4ccccc34)ccc2-c2cc3ccccc3cc21. The largest absolute Gasteiger partial charge is 0.0622 e. The van der Waals surface area contributed by atoms with Crippen LogP contribution in [-0.4, -0.2) is 0 Å². The molecule has 0 bridgehead atoms. The first-order valence-electron chi connectivity index (χ1n) is 15.9. The number of hydrogen-bond donors (Lipinski definition) is 0. The van der Waals surface area contributed by atoms with Gasteiger partial charge in [-0.15, -0.1) is 0 Å². The van der Waals surface area contributed by atoms with Crippen LogP contribution in [0.25, 0.3) is 76.8 Å². The third-order valence-electron chi connectivity index (χ3n) is 10.0. The summed E-state index contributed by atoms with van der Waals surface area (Å²) in [5.74, 6) is 0. The minimum absolute atomic E-state index is 0.0892. The fourth-order valence-corrected chi connectivity index (χ4v) is 7.81. The molecule has 0 unspecified atom stereocenters. The van der Waals surface area contributed by atoms with Gasteiger partial charge in [0.25, 0.3) is 0 Å². The average Bonchev–Trinajstić information content (AvgIpc) is 3.31. The van der Waals surface area contributed by atoms with E-state index in [1.807, 2.05) is 0 Å². The van der Waals surface area contributed by atoms with Crippen LogP contribution in [0.1, 0.15) is 25.0 Å². The smallest absolute Gasteiger partial charge is 0.0159 e. The molecule has 0 saturated heterocycles. The fourth-order valence-electron chi connectivity index (χ4n) is 7.81. The molecule has 0 amide bonds. The highest BCUT2D eigenvalue weighted by molar-refractivity contribution is 6.21. The van der Waals surface area contributed by atoms with Gasteiger partial charge in [0.2, 0.25) is 0 Å². The lowest BCUT2D eigenvalue weighted by molar-refractivity contribution is 0.661. The second-order valence-electron chi connectivity index (χ2n) is 12.9. The van der Waals surface area contributed by atoms with Crippen molar-refractivity contribution in [2.24, 2.45) is 0 Å². The molecule has 1 aliphatic carbocycles. The van der Waals surface area contributed by atoms with Crippen molar-refractivity contribution in [1.82, 2.24) is 0 Å². The number of benzene rings is 8. The van der Waals surface area contributed by atoms with Gasteiger partial charge in [0.15, 0.2) is 0 Å². The van der Waals surface area contributed by atoms with Gasteiger partial charge in [0, 0.05) is 5.41 Å². The highest BCUT2D eigenvalue weighted by Crippen LogP contribution is 2.52. The molecule has 212 valence electrons. The molecule has 8 aromatic rings. The Morgan fingerprint density at radius 1 is 0.333 bits per heavy atom. The summed E-state index contributed by atoms with van der Waals surface area (Å²) < 4.78 is 0. The van der Waals surface area contributed by atoms with E-state index < -0.39 is 0 Å². The zero-order chi connectivity index (χ0) is 30.1. The standard InChI is InChI=1S/C45H32/c1-45(2)41-28-34(23-24-35(41)40-26-31-15-6-7-16-32(31)27-42(40)45)44-38-21-10-8-19-36(38)43(37-20-9-11-22-39(37)44)33-18-12-17-30(25-33)29-13-4-3-5-14-29/h3-28H,1-2H3. The molecule has 8 aromatic carbocycles. The van der Waals surface area contributed by atoms with E-state index >= 15 is 0 Å². The van der Waals surface area contributed by atoms with Crippen molar-refractivity contribution >= 4 is 32.3 Å². The van der Waals surface area contributed by atoms with Crippen LogP contribution in [0.5, 0.6) is 0 Å². The summed E-state index contributed by atoms with van der Waals surface area (Å²) in [6.07, 6.45) is 0. The summed E-state index contributed by atoms with van der Waals surface area (Å²) in [5.41, 5.74) is 13.0. The summed E-state index contributed by atoms with van der Waals surface area (Å²) in [6, 6.07) is 58.4. The van der Waals surface area contributed by atoms with E-state index in [-0.39, 0.29) is 5.41 Å². The van der Waals surface area contributed by atoms with E-state index in [1.165, 1.54) is 88.0 Å². The average molecular weight is 573 g/mol. The molecule has 0 atom stereocenters. The van der Waals surface area contributed by atoms with Crippen molar-refractivity contribution in [2.45, 2.75) is 19.3 Å². The van der Waals surface area contributed by atoms with Crippen molar-refractivity contribution in [3.05, 3.63) is 169 Å². The predicted octanol–water partition coefficient (Wildman–Crippen LogP) is 12.5. The summed E-state index contributed by atoms with van der Waals surface area (Å²) in [7, 11) is 0. The van der Waals surface area contributed by atoms with Crippen molar-refractivity contribution in [3.63, 3.8) is 0 Å². The van der Waals surface area contributed by atoms with Crippen LogP contribution in [-0.2, 0) is 5.41 Å². The molecule has 9 rings (SSSR count). The van der Waals surface area contributed by atoms with Crippen molar-refractivity contribution in [3.8, 4) is 44.5 Å². The van der Waals surface area contributed by atoms with Gasteiger partial charge in [-0.1, -0.05) is 147 Å². The number of rotatable bonds is 3. The highest BCUT2D eigenvalue weighted by atomic mass is 14.4. The maximum absolute atomic E-state index is 2.48. The first-order chi connectivity index (χ1) is 22.1. The van der Waals surface area contributed by atoms with E-state index in [9.17, 15) is 0 Å². The summed E-state index contributed by atoms with van der Waals surface area (Å²) >= 11 is 0. The Hall–Kier alpha value is -5.46. The Balaban J connectivity index is 1.29. The molecular formula is C45H32.